The molecule has 2 atom stereocenters. The van der Waals surface area contributed by atoms with E-state index < -0.39 is 0 Å². The van der Waals surface area contributed by atoms with Crippen molar-refractivity contribution in [1.29, 1.82) is 0 Å². The molecular formula is C60H40N4OS. The number of hydrogen-bond acceptors (Lipinski definition) is 4. The van der Waals surface area contributed by atoms with Crippen molar-refractivity contribution >= 4 is 109 Å². The zero-order valence-electron chi connectivity index (χ0n) is 35.7. The molecule has 8 aromatic carbocycles. The highest BCUT2D eigenvalue weighted by Gasteiger charge is 2.26. The van der Waals surface area contributed by atoms with Crippen LogP contribution in [0.4, 0.5) is 0 Å². The standard InChI is InChI=1S/C60H40N4OS/c1-3-15-37(16-4-1)41-33-49(61-57(35-41)63-51-23-11-7-19-43(51)44-20-8-12-24-52(44)63)39-27-29-55-47(31-39)59-48-32-40(28-30-56(48)66-60(59)65-55)50-34-42(38-17-5-2-6-18-38)36-58(62-50)64-53-25-13-9-21-45(53)46-22-10-14-26-54(46)64/h1-32,34-36,49-50,62H,33H2. The third kappa shape index (κ3) is 5.81. The number of thiophene rings is 1. The predicted octanol–water partition coefficient (Wildman–Crippen LogP) is 15.7. The molecule has 1 N–H and O–H groups in total. The van der Waals surface area contributed by atoms with Crippen LogP contribution in [0.3, 0.4) is 0 Å². The van der Waals surface area contributed by atoms with Gasteiger partial charge in [0.1, 0.15) is 17.2 Å². The van der Waals surface area contributed by atoms with Gasteiger partial charge in [0.2, 0.25) is 0 Å². The lowest BCUT2D eigenvalue weighted by Gasteiger charge is -2.27. The maximum absolute atomic E-state index is 6.68. The third-order valence-corrected chi connectivity index (χ3v) is 14.8. The van der Waals surface area contributed by atoms with Crippen LogP contribution in [-0.4, -0.2) is 15.0 Å². The number of allylic oxidation sites excluding steroid dienone is 3. The van der Waals surface area contributed by atoms with Crippen LogP contribution < -0.4 is 5.32 Å². The number of fused-ring (bicyclic) bond motifs is 11. The monoisotopic (exact) mass is 864 g/mol. The Balaban J connectivity index is 0.903. The lowest BCUT2D eigenvalue weighted by Crippen LogP contribution is -2.25. The van der Waals surface area contributed by atoms with E-state index in [2.05, 4.69) is 227 Å². The highest BCUT2D eigenvalue weighted by atomic mass is 32.1. The fraction of sp³-hybridized carbons (Fsp3) is 0.0500. The van der Waals surface area contributed by atoms with Crippen molar-refractivity contribution in [3.05, 3.63) is 235 Å². The van der Waals surface area contributed by atoms with E-state index in [1.54, 1.807) is 11.3 Å². The van der Waals surface area contributed by atoms with Gasteiger partial charge in [-0.2, -0.15) is 0 Å². The Morgan fingerprint density at radius 3 is 1.73 bits per heavy atom. The van der Waals surface area contributed by atoms with Crippen molar-refractivity contribution < 1.29 is 4.42 Å². The van der Waals surface area contributed by atoms with E-state index in [1.165, 1.54) is 76.1 Å². The Bertz CT molecular complexity index is 3960. The molecule has 0 bridgehead atoms. The van der Waals surface area contributed by atoms with Gasteiger partial charge in [0.05, 0.1) is 34.2 Å². The molecule has 2 aliphatic rings. The molecule has 14 rings (SSSR count). The Kier molecular flexibility index (Phi) is 8.27. The molecule has 2 unspecified atom stereocenters. The number of benzene rings is 8. The fourth-order valence-electron chi connectivity index (χ4n) is 10.7. The summed E-state index contributed by atoms with van der Waals surface area (Å²) in [4.78, 5) is 6.56. The molecule has 2 aliphatic heterocycles. The minimum absolute atomic E-state index is 0.0905. The van der Waals surface area contributed by atoms with Crippen LogP contribution in [0.15, 0.2) is 222 Å². The van der Waals surface area contributed by atoms with Crippen molar-refractivity contribution in [1.82, 2.24) is 14.5 Å². The number of hydrogen-bond donors (Lipinski definition) is 1. The minimum atomic E-state index is -0.103. The number of para-hydroxylation sites is 4. The average molecular weight is 865 g/mol. The minimum Gasteiger partial charge on any atom is -0.445 e. The molecular weight excluding hydrogens is 825 g/mol. The first-order valence-corrected chi connectivity index (χ1v) is 23.5. The molecule has 0 aliphatic carbocycles. The van der Waals surface area contributed by atoms with Gasteiger partial charge in [0.15, 0.2) is 4.90 Å². The van der Waals surface area contributed by atoms with Gasteiger partial charge in [0, 0.05) is 42.4 Å². The molecule has 0 fully saturated rings. The Morgan fingerprint density at radius 1 is 0.515 bits per heavy atom. The maximum atomic E-state index is 6.68. The molecule has 6 heterocycles. The van der Waals surface area contributed by atoms with Crippen LogP contribution in [0.5, 0.6) is 0 Å². The molecule has 5 nitrogen and oxygen atoms in total. The summed E-state index contributed by atoms with van der Waals surface area (Å²) in [6, 6.07) is 69.8. The highest BCUT2D eigenvalue weighted by Crippen LogP contribution is 2.45. The molecule has 4 aromatic heterocycles. The third-order valence-electron chi connectivity index (χ3n) is 13.7. The maximum Gasteiger partial charge on any atom is 0.190 e. The van der Waals surface area contributed by atoms with Gasteiger partial charge < -0.3 is 9.73 Å². The van der Waals surface area contributed by atoms with Crippen LogP contribution in [-0.2, 0) is 0 Å². The smallest absolute Gasteiger partial charge is 0.190 e. The second-order valence-electron chi connectivity index (χ2n) is 17.5. The normalized spacial score (nSPS) is 16.6. The summed E-state index contributed by atoms with van der Waals surface area (Å²) in [6.07, 6.45) is 7.76. The average Bonchev–Trinajstić information content (AvgIpc) is 4.13. The Hall–Kier alpha value is -8.19. The summed E-state index contributed by atoms with van der Waals surface area (Å²) in [5, 5.41) is 12.4. The van der Waals surface area contributed by atoms with E-state index in [-0.39, 0.29) is 12.1 Å². The number of nitrogens with one attached hydrogen (secondary N) is 1. The molecule has 0 amide bonds. The van der Waals surface area contributed by atoms with Crippen LogP contribution in [0.1, 0.15) is 40.8 Å². The summed E-state index contributed by atoms with van der Waals surface area (Å²) in [6.45, 7) is 0. The van der Waals surface area contributed by atoms with Gasteiger partial charge in [-0.3, -0.25) is 14.1 Å². The lowest BCUT2D eigenvalue weighted by atomic mass is 9.91. The van der Waals surface area contributed by atoms with Crippen LogP contribution in [0.2, 0.25) is 0 Å². The SMILES string of the molecule is C1=C(c2ccccc2)C=C(n2c3ccccc3c3ccccc32)NC1c1ccc2sc3oc4ccc(C5CC(c6ccccc6)=CC(n6c7ccccc7c7ccccc76)=N5)cc4c3c2c1. The summed E-state index contributed by atoms with van der Waals surface area (Å²) < 4.78 is 12.6. The molecule has 312 valence electrons. The van der Waals surface area contributed by atoms with Crippen molar-refractivity contribution in [3.8, 4) is 0 Å². The van der Waals surface area contributed by atoms with E-state index in [0.29, 0.717) is 0 Å². The van der Waals surface area contributed by atoms with E-state index in [9.17, 15) is 0 Å². The van der Waals surface area contributed by atoms with Gasteiger partial charge in [-0.1, -0.05) is 157 Å². The Morgan fingerprint density at radius 2 is 1.08 bits per heavy atom. The number of rotatable bonds is 5. The quantitative estimate of drug-likeness (QED) is 0.187. The van der Waals surface area contributed by atoms with Gasteiger partial charge in [-0.25, -0.2) is 0 Å². The van der Waals surface area contributed by atoms with Gasteiger partial charge in [-0.15, -0.1) is 0 Å². The number of furan rings is 1. The molecule has 0 saturated heterocycles. The summed E-state index contributed by atoms with van der Waals surface area (Å²) in [7, 11) is 0. The summed E-state index contributed by atoms with van der Waals surface area (Å²) in [5.41, 5.74) is 12.8. The van der Waals surface area contributed by atoms with E-state index in [0.717, 1.165) is 50.4 Å². The van der Waals surface area contributed by atoms with Crippen molar-refractivity contribution in [2.45, 2.75) is 18.5 Å². The summed E-state index contributed by atoms with van der Waals surface area (Å²) in [5.74, 6) is 1.99. The first-order chi connectivity index (χ1) is 32.7. The van der Waals surface area contributed by atoms with Gasteiger partial charge in [0.25, 0.3) is 0 Å². The zero-order chi connectivity index (χ0) is 43.3. The zero-order valence-corrected chi connectivity index (χ0v) is 36.5. The van der Waals surface area contributed by atoms with Gasteiger partial charge in [-0.05, 0) is 107 Å². The van der Waals surface area contributed by atoms with Crippen molar-refractivity contribution in [3.63, 3.8) is 0 Å². The number of dihydropyridines is 2. The molecule has 0 spiro atoms. The highest BCUT2D eigenvalue weighted by molar-refractivity contribution is 7.25. The van der Waals surface area contributed by atoms with Crippen LogP contribution in [0, 0.1) is 0 Å². The summed E-state index contributed by atoms with van der Waals surface area (Å²) >= 11 is 1.72. The first kappa shape index (κ1) is 37.2. The Labute approximate surface area is 384 Å². The first-order valence-electron chi connectivity index (χ1n) is 22.7. The number of aromatic nitrogens is 2. The predicted molar refractivity (Wildman–Crippen MR) is 277 cm³/mol. The topological polar surface area (TPSA) is 47.4 Å². The molecule has 0 radical (unpaired) electrons. The van der Waals surface area contributed by atoms with E-state index >= 15 is 0 Å². The van der Waals surface area contributed by atoms with Crippen molar-refractivity contribution in [2.75, 3.05) is 0 Å². The van der Waals surface area contributed by atoms with E-state index in [1.807, 2.05) is 0 Å². The second kappa shape index (κ2) is 14.7. The lowest BCUT2D eigenvalue weighted by molar-refractivity contribution is 0.677. The number of aliphatic imine (C=N–C) groups is 1. The van der Waals surface area contributed by atoms with Crippen molar-refractivity contribution in [2.24, 2.45) is 4.99 Å². The molecule has 66 heavy (non-hydrogen) atoms. The molecule has 12 aromatic rings. The van der Waals surface area contributed by atoms with Crippen LogP contribution in [0.25, 0.3) is 91.9 Å². The van der Waals surface area contributed by atoms with E-state index in [4.69, 9.17) is 9.41 Å². The molecule has 0 saturated carbocycles. The number of nitrogens with zero attached hydrogens (tertiary/aromatic N) is 3. The second-order valence-corrected chi connectivity index (χ2v) is 18.5. The fourth-order valence-corrected chi connectivity index (χ4v) is 11.7. The van der Waals surface area contributed by atoms with Gasteiger partial charge >= 0.3 is 0 Å². The molecule has 6 heteroatoms. The van der Waals surface area contributed by atoms with Crippen LogP contribution >= 0.6 is 11.3 Å². The largest absolute Gasteiger partial charge is 0.445 e.